The van der Waals surface area contributed by atoms with Crippen molar-refractivity contribution in [3.63, 3.8) is 0 Å². The number of carbonyl (C=O) groups is 1. The van der Waals surface area contributed by atoms with Crippen LogP contribution in [0.3, 0.4) is 0 Å². The molecule has 5 nitrogen and oxygen atoms in total. The van der Waals surface area contributed by atoms with Gasteiger partial charge in [0.05, 0.1) is 18.3 Å². The van der Waals surface area contributed by atoms with E-state index in [2.05, 4.69) is 12.0 Å². The topological polar surface area (TPSA) is 58.4 Å². The van der Waals surface area contributed by atoms with Crippen LogP contribution in [0, 0.1) is 12.8 Å². The van der Waals surface area contributed by atoms with Crippen LogP contribution in [0.5, 0.6) is 0 Å². The van der Waals surface area contributed by atoms with Gasteiger partial charge in [0.2, 0.25) is 0 Å². The van der Waals surface area contributed by atoms with Gasteiger partial charge in [-0.05, 0) is 32.3 Å². The Balaban J connectivity index is 2.25. The number of nitrogens with zero attached hydrogens (tertiary/aromatic N) is 3. The summed E-state index contributed by atoms with van der Waals surface area (Å²) < 4.78 is 1.73. The van der Waals surface area contributed by atoms with E-state index in [1.54, 1.807) is 9.58 Å². The second kappa shape index (κ2) is 5.10. The molecule has 5 heteroatoms. The molecular weight excluding hydrogens is 230 g/mol. The number of aliphatic hydroxyl groups is 1. The van der Waals surface area contributed by atoms with Gasteiger partial charge in [0.15, 0.2) is 0 Å². The number of carbonyl (C=O) groups excluding carboxylic acids is 1. The Morgan fingerprint density at radius 3 is 2.94 bits per heavy atom. The van der Waals surface area contributed by atoms with Crippen LogP contribution in [0.15, 0.2) is 6.07 Å². The molecule has 2 heterocycles. The molecule has 1 amide bonds. The third kappa shape index (κ3) is 2.14. The van der Waals surface area contributed by atoms with Crippen LogP contribution in [-0.2, 0) is 6.54 Å². The molecule has 0 radical (unpaired) electrons. The summed E-state index contributed by atoms with van der Waals surface area (Å²) in [6.45, 7) is 7.38. The van der Waals surface area contributed by atoms with Crippen molar-refractivity contribution in [3.8, 4) is 0 Å². The maximum Gasteiger partial charge on any atom is 0.272 e. The zero-order valence-electron chi connectivity index (χ0n) is 11.3. The number of aromatic nitrogens is 2. The van der Waals surface area contributed by atoms with E-state index in [0.717, 1.165) is 18.7 Å². The van der Waals surface area contributed by atoms with Gasteiger partial charge in [-0.1, -0.05) is 6.92 Å². The van der Waals surface area contributed by atoms with Gasteiger partial charge in [-0.15, -0.1) is 0 Å². The molecule has 1 aliphatic rings. The lowest BCUT2D eigenvalue weighted by molar-refractivity contribution is 0.0636. The Hall–Kier alpha value is -1.36. The van der Waals surface area contributed by atoms with Gasteiger partial charge in [0.25, 0.3) is 5.91 Å². The molecule has 1 aromatic heterocycles. The van der Waals surface area contributed by atoms with Crippen molar-refractivity contribution in [1.29, 1.82) is 0 Å². The minimum absolute atomic E-state index is 0.0131. The van der Waals surface area contributed by atoms with Crippen molar-refractivity contribution in [1.82, 2.24) is 14.7 Å². The number of aliphatic hydroxyl groups excluding tert-OH is 1. The standard InChI is InChI=1S/C13H21N3O2/c1-4-16-11(7-10(3)14-16)13(18)15-6-5-9(2)12(15)8-17/h7,9,12,17H,4-6,8H2,1-3H3. The molecular formula is C13H21N3O2. The molecule has 2 unspecified atom stereocenters. The number of hydrogen-bond donors (Lipinski definition) is 1. The molecule has 0 saturated carbocycles. The third-order valence-electron chi connectivity index (χ3n) is 3.75. The number of likely N-dealkylation sites (tertiary alicyclic amines) is 1. The van der Waals surface area contributed by atoms with Gasteiger partial charge in [-0.25, -0.2) is 0 Å². The molecule has 0 spiro atoms. The van der Waals surface area contributed by atoms with Crippen LogP contribution < -0.4 is 0 Å². The highest BCUT2D eigenvalue weighted by molar-refractivity contribution is 5.93. The van der Waals surface area contributed by atoms with E-state index in [0.29, 0.717) is 18.2 Å². The molecule has 1 fully saturated rings. The molecule has 2 atom stereocenters. The fourth-order valence-electron chi connectivity index (χ4n) is 2.64. The first-order valence-electron chi connectivity index (χ1n) is 6.54. The van der Waals surface area contributed by atoms with Gasteiger partial charge in [0.1, 0.15) is 5.69 Å². The Morgan fingerprint density at radius 1 is 1.61 bits per heavy atom. The number of rotatable bonds is 3. The van der Waals surface area contributed by atoms with E-state index in [1.165, 1.54) is 0 Å². The van der Waals surface area contributed by atoms with E-state index in [4.69, 9.17) is 0 Å². The average Bonchev–Trinajstić information content (AvgIpc) is 2.91. The summed E-state index contributed by atoms with van der Waals surface area (Å²) in [4.78, 5) is 14.3. The first-order valence-corrected chi connectivity index (χ1v) is 6.54. The first-order chi connectivity index (χ1) is 8.58. The second-order valence-electron chi connectivity index (χ2n) is 5.00. The van der Waals surface area contributed by atoms with Crippen molar-refractivity contribution in [2.75, 3.05) is 13.2 Å². The summed E-state index contributed by atoms with van der Waals surface area (Å²) >= 11 is 0. The molecule has 100 valence electrons. The van der Waals surface area contributed by atoms with Gasteiger partial charge in [-0.2, -0.15) is 5.10 Å². The Bertz CT molecular complexity index is 441. The van der Waals surface area contributed by atoms with Gasteiger partial charge in [-0.3, -0.25) is 9.48 Å². The monoisotopic (exact) mass is 251 g/mol. The maximum atomic E-state index is 12.5. The lowest BCUT2D eigenvalue weighted by Gasteiger charge is -2.25. The number of aryl methyl sites for hydroxylation is 2. The molecule has 1 aromatic rings. The van der Waals surface area contributed by atoms with Gasteiger partial charge in [0, 0.05) is 13.1 Å². The zero-order chi connectivity index (χ0) is 13.3. The molecule has 0 aromatic carbocycles. The molecule has 18 heavy (non-hydrogen) atoms. The van der Waals surface area contributed by atoms with Crippen molar-refractivity contribution in [2.24, 2.45) is 5.92 Å². The largest absolute Gasteiger partial charge is 0.394 e. The van der Waals surface area contributed by atoms with E-state index in [1.807, 2.05) is 19.9 Å². The van der Waals surface area contributed by atoms with Gasteiger partial charge >= 0.3 is 0 Å². The van der Waals surface area contributed by atoms with E-state index < -0.39 is 0 Å². The summed E-state index contributed by atoms with van der Waals surface area (Å²) in [5.41, 5.74) is 1.48. The Labute approximate surface area is 107 Å². The van der Waals surface area contributed by atoms with Crippen LogP contribution in [0.1, 0.15) is 36.5 Å². The third-order valence-corrected chi connectivity index (χ3v) is 3.75. The smallest absolute Gasteiger partial charge is 0.272 e. The minimum Gasteiger partial charge on any atom is -0.394 e. The SMILES string of the molecule is CCn1nc(C)cc1C(=O)N1CCC(C)C1CO. The predicted octanol–water partition coefficient (Wildman–Crippen LogP) is 1.05. The molecule has 2 rings (SSSR count). The summed E-state index contributed by atoms with van der Waals surface area (Å²) in [6, 6.07) is 1.77. The van der Waals surface area contributed by atoms with E-state index >= 15 is 0 Å². The Morgan fingerprint density at radius 2 is 2.33 bits per heavy atom. The highest BCUT2D eigenvalue weighted by Crippen LogP contribution is 2.25. The highest BCUT2D eigenvalue weighted by Gasteiger charge is 2.35. The fourth-order valence-corrected chi connectivity index (χ4v) is 2.64. The van der Waals surface area contributed by atoms with Crippen LogP contribution in [0.4, 0.5) is 0 Å². The van der Waals surface area contributed by atoms with Crippen molar-refractivity contribution < 1.29 is 9.90 Å². The maximum absolute atomic E-state index is 12.5. The summed E-state index contributed by atoms with van der Waals surface area (Å²) in [5.74, 6) is 0.346. The summed E-state index contributed by atoms with van der Waals surface area (Å²) in [5, 5.41) is 13.7. The van der Waals surface area contributed by atoms with Gasteiger partial charge < -0.3 is 10.0 Å². The van der Waals surface area contributed by atoms with Crippen molar-refractivity contribution >= 4 is 5.91 Å². The average molecular weight is 251 g/mol. The number of hydrogen-bond acceptors (Lipinski definition) is 3. The summed E-state index contributed by atoms with van der Waals surface area (Å²) in [7, 11) is 0. The summed E-state index contributed by atoms with van der Waals surface area (Å²) in [6.07, 6.45) is 0.955. The predicted molar refractivity (Wildman–Crippen MR) is 68.3 cm³/mol. The fraction of sp³-hybridized carbons (Fsp3) is 0.692. The van der Waals surface area contributed by atoms with Crippen LogP contribution in [0.25, 0.3) is 0 Å². The Kier molecular flexibility index (Phi) is 3.71. The van der Waals surface area contributed by atoms with E-state index in [9.17, 15) is 9.90 Å². The quantitative estimate of drug-likeness (QED) is 0.873. The number of amides is 1. The van der Waals surface area contributed by atoms with Crippen LogP contribution in [0.2, 0.25) is 0 Å². The lowest BCUT2D eigenvalue weighted by atomic mass is 10.0. The first kappa shape index (κ1) is 13.1. The molecule has 1 N–H and O–H groups in total. The van der Waals surface area contributed by atoms with Crippen LogP contribution in [-0.4, -0.2) is 44.9 Å². The van der Waals surface area contributed by atoms with Crippen LogP contribution >= 0.6 is 0 Å². The van der Waals surface area contributed by atoms with E-state index in [-0.39, 0.29) is 18.6 Å². The molecule has 1 aliphatic heterocycles. The molecule has 0 bridgehead atoms. The zero-order valence-corrected chi connectivity index (χ0v) is 11.3. The second-order valence-corrected chi connectivity index (χ2v) is 5.00. The molecule has 0 aliphatic carbocycles. The normalized spacial score (nSPS) is 23.7. The lowest BCUT2D eigenvalue weighted by Crippen LogP contribution is -2.40. The van der Waals surface area contributed by atoms with Crippen molar-refractivity contribution in [3.05, 3.63) is 17.5 Å². The minimum atomic E-state index is -0.0574. The van der Waals surface area contributed by atoms with Crippen molar-refractivity contribution in [2.45, 2.75) is 39.8 Å². The molecule has 1 saturated heterocycles. The highest BCUT2D eigenvalue weighted by atomic mass is 16.3.